The highest BCUT2D eigenvalue weighted by molar-refractivity contribution is 5.94. The van der Waals surface area contributed by atoms with Crippen LogP contribution in [0.4, 0.5) is 11.4 Å². The maximum atomic E-state index is 12.1. The van der Waals surface area contributed by atoms with Crippen LogP contribution in [-0.4, -0.2) is 62.6 Å². The summed E-state index contributed by atoms with van der Waals surface area (Å²) in [6, 6.07) is 16.3. The molecular weight excluding hydrogens is 416 g/mol. The number of para-hydroxylation sites is 1. The van der Waals surface area contributed by atoms with E-state index in [0.29, 0.717) is 25.9 Å². The van der Waals surface area contributed by atoms with Gasteiger partial charge in [-0.15, -0.1) is 0 Å². The average molecular weight is 451 g/mol. The monoisotopic (exact) mass is 450 g/mol. The highest BCUT2D eigenvalue weighted by atomic mass is 16.5. The number of hydrogen-bond acceptors (Lipinski definition) is 5. The number of ether oxygens (including phenoxy) is 1. The Hall–Kier alpha value is -3.06. The van der Waals surface area contributed by atoms with Gasteiger partial charge in [0, 0.05) is 56.9 Å². The van der Waals surface area contributed by atoms with Crippen LogP contribution in [-0.2, 0) is 16.0 Å². The zero-order valence-corrected chi connectivity index (χ0v) is 19.2. The van der Waals surface area contributed by atoms with Crippen molar-refractivity contribution in [1.29, 1.82) is 0 Å². The third kappa shape index (κ3) is 6.96. The Balaban J connectivity index is 1.04. The Bertz CT molecular complexity index is 926. The minimum absolute atomic E-state index is 0.0628. The first-order valence-electron chi connectivity index (χ1n) is 12.0. The molecule has 2 heterocycles. The van der Waals surface area contributed by atoms with E-state index < -0.39 is 0 Å². The lowest BCUT2D eigenvalue weighted by Gasteiger charge is -2.36. The van der Waals surface area contributed by atoms with Crippen LogP contribution in [0.15, 0.2) is 48.5 Å². The van der Waals surface area contributed by atoms with Gasteiger partial charge in [0.2, 0.25) is 11.8 Å². The van der Waals surface area contributed by atoms with E-state index >= 15 is 0 Å². The lowest BCUT2D eigenvalue weighted by molar-refractivity contribution is -0.121. The van der Waals surface area contributed by atoms with Gasteiger partial charge in [0.15, 0.2) is 0 Å². The summed E-state index contributed by atoms with van der Waals surface area (Å²) in [4.78, 5) is 28.4. The molecule has 2 aromatic carbocycles. The smallest absolute Gasteiger partial charge is 0.224 e. The lowest BCUT2D eigenvalue weighted by atomic mass is 10.0. The van der Waals surface area contributed by atoms with E-state index in [9.17, 15) is 9.59 Å². The van der Waals surface area contributed by atoms with Crippen molar-refractivity contribution in [2.75, 3.05) is 56.1 Å². The van der Waals surface area contributed by atoms with Crippen LogP contribution >= 0.6 is 0 Å². The highest BCUT2D eigenvalue weighted by Gasteiger charge is 2.17. The molecule has 1 fully saturated rings. The first-order valence-corrected chi connectivity index (χ1v) is 12.0. The molecule has 7 nitrogen and oxygen atoms in total. The summed E-state index contributed by atoms with van der Waals surface area (Å²) in [6.07, 6.45) is 3.38. The molecule has 1 saturated heterocycles. The zero-order valence-electron chi connectivity index (χ0n) is 19.2. The number of benzene rings is 2. The molecule has 2 amide bonds. The minimum Gasteiger partial charge on any atom is -0.494 e. The van der Waals surface area contributed by atoms with Gasteiger partial charge in [-0.1, -0.05) is 18.2 Å². The van der Waals surface area contributed by atoms with Crippen LogP contribution in [0.2, 0.25) is 0 Å². The van der Waals surface area contributed by atoms with E-state index in [4.69, 9.17) is 4.74 Å². The van der Waals surface area contributed by atoms with Gasteiger partial charge in [-0.25, -0.2) is 0 Å². The minimum atomic E-state index is 0.0628. The predicted octanol–water partition coefficient (Wildman–Crippen LogP) is 3.06. The summed E-state index contributed by atoms with van der Waals surface area (Å²) in [5, 5.41) is 5.90. The number of amides is 2. The molecule has 0 spiro atoms. The molecule has 0 unspecified atom stereocenters. The van der Waals surface area contributed by atoms with Gasteiger partial charge in [0.1, 0.15) is 5.75 Å². The van der Waals surface area contributed by atoms with Crippen molar-refractivity contribution >= 4 is 23.2 Å². The molecule has 7 heteroatoms. The summed E-state index contributed by atoms with van der Waals surface area (Å²) < 4.78 is 5.79. The van der Waals surface area contributed by atoms with E-state index in [2.05, 4.69) is 50.8 Å². The third-order valence-corrected chi connectivity index (χ3v) is 6.26. The van der Waals surface area contributed by atoms with E-state index in [-0.39, 0.29) is 11.8 Å². The standard InChI is InChI=1S/C26H34N4O3/c31-25(8-4-19-33-23-10-11-24-21(20-23)9-12-26(32)28-24)27-13-5-14-29-15-17-30(18-16-29)22-6-2-1-3-7-22/h1-3,6-7,10-11,20H,4-5,8-9,12-19H2,(H,27,31)(H,28,32). The van der Waals surface area contributed by atoms with Gasteiger partial charge in [0.25, 0.3) is 0 Å². The second-order valence-electron chi connectivity index (χ2n) is 8.69. The van der Waals surface area contributed by atoms with E-state index in [1.165, 1.54) is 5.69 Å². The molecule has 176 valence electrons. The van der Waals surface area contributed by atoms with Crippen molar-refractivity contribution in [3.63, 3.8) is 0 Å². The molecule has 2 aromatic rings. The maximum absolute atomic E-state index is 12.1. The van der Waals surface area contributed by atoms with E-state index in [1.54, 1.807) is 0 Å². The number of hydrogen-bond donors (Lipinski definition) is 2. The van der Waals surface area contributed by atoms with Crippen molar-refractivity contribution in [2.45, 2.75) is 32.1 Å². The number of carbonyl (C=O) groups is 2. The Morgan fingerprint density at radius 2 is 1.82 bits per heavy atom. The number of anilines is 2. The number of aryl methyl sites for hydroxylation is 1. The van der Waals surface area contributed by atoms with Gasteiger partial charge in [-0.2, -0.15) is 0 Å². The van der Waals surface area contributed by atoms with E-state index in [1.807, 2.05) is 18.2 Å². The molecule has 0 radical (unpaired) electrons. The first kappa shape index (κ1) is 23.1. The Kier molecular flexibility index (Phi) is 8.19. The fourth-order valence-corrected chi connectivity index (χ4v) is 4.36. The van der Waals surface area contributed by atoms with Gasteiger partial charge in [-0.05, 0) is 61.7 Å². The summed E-state index contributed by atoms with van der Waals surface area (Å²) in [5.74, 6) is 0.936. The molecule has 0 aliphatic carbocycles. The second kappa shape index (κ2) is 11.7. The van der Waals surface area contributed by atoms with Gasteiger partial charge < -0.3 is 20.3 Å². The Labute approximate surface area is 196 Å². The summed E-state index contributed by atoms with van der Waals surface area (Å²) in [6.45, 7) is 6.47. The number of nitrogens with one attached hydrogen (secondary N) is 2. The SMILES string of the molecule is O=C(CCCOc1ccc2c(c1)CCC(=O)N2)NCCCN1CCN(c2ccccc2)CC1. The second-order valence-corrected chi connectivity index (χ2v) is 8.69. The molecule has 0 atom stereocenters. The molecule has 0 saturated carbocycles. The van der Waals surface area contributed by atoms with Gasteiger partial charge in [-0.3, -0.25) is 14.5 Å². The van der Waals surface area contributed by atoms with Gasteiger partial charge >= 0.3 is 0 Å². The zero-order chi connectivity index (χ0) is 22.9. The topological polar surface area (TPSA) is 73.9 Å². The maximum Gasteiger partial charge on any atom is 0.224 e. The largest absolute Gasteiger partial charge is 0.494 e. The van der Waals surface area contributed by atoms with Crippen molar-refractivity contribution in [2.24, 2.45) is 0 Å². The molecule has 2 aliphatic rings. The highest BCUT2D eigenvalue weighted by Crippen LogP contribution is 2.26. The molecule has 4 rings (SSSR count). The van der Waals surface area contributed by atoms with Crippen molar-refractivity contribution in [3.05, 3.63) is 54.1 Å². The van der Waals surface area contributed by atoms with Crippen LogP contribution in [0.3, 0.4) is 0 Å². The van der Waals surface area contributed by atoms with Crippen LogP contribution in [0, 0.1) is 0 Å². The van der Waals surface area contributed by atoms with E-state index in [0.717, 1.165) is 69.1 Å². The van der Waals surface area contributed by atoms with Crippen molar-refractivity contribution < 1.29 is 14.3 Å². The molecular formula is C26H34N4O3. The third-order valence-electron chi connectivity index (χ3n) is 6.26. The number of nitrogens with zero attached hydrogens (tertiary/aromatic N) is 2. The first-order chi connectivity index (χ1) is 16.2. The van der Waals surface area contributed by atoms with Crippen molar-refractivity contribution in [1.82, 2.24) is 10.2 Å². The fourth-order valence-electron chi connectivity index (χ4n) is 4.36. The van der Waals surface area contributed by atoms with Crippen LogP contribution < -0.4 is 20.3 Å². The normalized spacial score (nSPS) is 16.1. The average Bonchev–Trinajstić information content (AvgIpc) is 2.85. The molecule has 2 aliphatic heterocycles. The van der Waals surface area contributed by atoms with Crippen LogP contribution in [0.25, 0.3) is 0 Å². The summed E-state index contributed by atoms with van der Waals surface area (Å²) >= 11 is 0. The molecule has 0 bridgehead atoms. The van der Waals surface area contributed by atoms with Crippen LogP contribution in [0.1, 0.15) is 31.2 Å². The number of carbonyl (C=O) groups excluding carboxylic acids is 2. The predicted molar refractivity (Wildman–Crippen MR) is 131 cm³/mol. The Morgan fingerprint density at radius 3 is 2.64 bits per heavy atom. The van der Waals surface area contributed by atoms with Crippen LogP contribution in [0.5, 0.6) is 5.75 Å². The number of piperazine rings is 1. The molecule has 0 aromatic heterocycles. The lowest BCUT2D eigenvalue weighted by Crippen LogP contribution is -2.47. The molecule has 33 heavy (non-hydrogen) atoms. The molecule has 2 N–H and O–H groups in total. The quantitative estimate of drug-likeness (QED) is 0.545. The fraction of sp³-hybridized carbons (Fsp3) is 0.462. The number of rotatable bonds is 10. The van der Waals surface area contributed by atoms with Crippen molar-refractivity contribution in [3.8, 4) is 5.75 Å². The summed E-state index contributed by atoms with van der Waals surface area (Å²) in [7, 11) is 0. The Morgan fingerprint density at radius 1 is 1.00 bits per heavy atom. The van der Waals surface area contributed by atoms with Gasteiger partial charge in [0.05, 0.1) is 6.61 Å². The summed E-state index contributed by atoms with van der Waals surface area (Å²) in [5.41, 5.74) is 3.27. The number of fused-ring (bicyclic) bond motifs is 1.